The molecule has 1 aliphatic rings. The minimum Gasteiger partial charge on any atom is -0.460 e. The number of benzene rings is 2. The van der Waals surface area contributed by atoms with Crippen LogP contribution in [0, 0.1) is 11.8 Å². The maximum atomic E-state index is 13.9. The van der Waals surface area contributed by atoms with Crippen molar-refractivity contribution in [2.75, 3.05) is 5.32 Å². The van der Waals surface area contributed by atoms with Gasteiger partial charge in [-0.3, -0.25) is 14.6 Å². The van der Waals surface area contributed by atoms with Crippen molar-refractivity contribution in [2.45, 2.75) is 70.6 Å². The zero-order valence-electron chi connectivity index (χ0n) is 22.3. The molecular weight excluding hydrogens is 529 g/mol. The Balaban J connectivity index is 1.63. The highest BCUT2D eigenvalue weighted by Crippen LogP contribution is 2.46. The van der Waals surface area contributed by atoms with Gasteiger partial charge in [-0.25, -0.2) is 0 Å². The van der Waals surface area contributed by atoms with E-state index in [-0.39, 0.29) is 40.6 Å². The number of nitrogens with one attached hydrogen (secondary N) is 1. The molecule has 0 spiro atoms. The molecule has 3 unspecified atom stereocenters. The van der Waals surface area contributed by atoms with Gasteiger partial charge in [0.05, 0.1) is 34.7 Å². The molecule has 2 aromatic carbocycles. The van der Waals surface area contributed by atoms with E-state index in [1.165, 1.54) is 12.3 Å². The van der Waals surface area contributed by atoms with Crippen molar-refractivity contribution in [3.8, 4) is 0 Å². The van der Waals surface area contributed by atoms with Crippen LogP contribution in [0.15, 0.2) is 54.7 Å². The molecule has 0 radical (unpaired) electrons. The first-order valence-electron chi connectivity index (χ1n) is 13.0. The smallest absolute Gasteiger partial charge is 0.392 e. The molecule has 39 heavy (non-hydrogen) atoms. The fraction of sp³-hybridized carbons (Fsp3) is 0.433. The predicted molar refractivity (Wildman–Crippen MR) is 146 cm³/mol. The van der Waals surface area contributed by atoms with Gasteiger partial charge >= 0.3 is 12.1 Å². The van der Waals surface area contributed by atoms with Gasteiger partial charge < -0.3 is 10.1 Å². The van der Waals surface area contributed by atoms with Crippen LogP contribution in [-0.2, 0) is 14.3 Å². The van der Waals surface area contributed by atoms with Gasteiger partial charge in [-0.15, -0.1) is 0 Å². The molecule has 4 rings (SSSR count). The maximum absolute atomic E-state index is 13.9. The van der Waals surface area contributed by atoms with E-state index in [0.717, 1.165) is 30.7 Å². The second kappa shape index (κ2) is 11.2. The van der Waals surface area contributed by atoms with Crippen molar-refractivity contribution >= 4 is 39.9 Å². The standard InChI is InChI=1S/C30H32ClF3N2O3/c1-17(30(32,33)34)27(25-13-19-7-5-6-8-21(19)16-35-25)28(38)36-24-14-20(11-12-23(24)31)22(18-9-10-18)15-26(37)39-29(2,3)4/h5-8,11-14,16-18,22,27H,9-10,15H2,1-4H3,(H,36,38). The minimum atomic E-state index is -4.63. The van der Waals surface area contributed by atoms with E-state index in [4.69, 9.17) is 16.3 Å². The summed E-state index contributed by atoms with van der Waals surface area (Å²) in [6, 6.07) is 13.7. The molecule has 1 amide bonds. The van der Waals surface area contributed by atoms with E-state index in [1.54, 1.807) is 63.2 Å². The van der Waals surface area contributed by atoms with Gasteiger partial charge in [0.25, 0.3) is 0 Å². The van der Waals surface area contributed by atoms with Crippen molar-refractivity contribution in [2.24, 2.45) is 11.8 Å². The monoisotopic (exact) mass is 560 g/mol. The number of alkyl halides is 3. The second-order valence-electron chi connectivity index (χ2n) is 11.2. The zero-order valence-corrected chi connectivity index (χ0v) is 23.1. The molecule has 3 aromatic rings. The van der Waals surface area contributed by atoms with E-state index in [9.17, 15) is 22.8 Å². The first kappa shape index (κ1) is 28.9. The number of hydrogen-bond acceptors (Lipinski definition) is 4. The molecule has 0 saturated heterocycles. The van der Waals surface area contributed by atoms with Crippen LogP contribution in [-0.4, -0.2) is 28.6 Å². The fourth-order valence-corrected chi connectivity index (χ4v) is 4.94. The van der Waals surface area contributed by atoms with Gasteiger partial charge in [0, 0.05) is 11.6 Å². The summed E-state index contributed by atoms with van der Waals surface area (Å²) in [5.41, 5.74) is 0.358. The first-order chi connectivity index (χ1) is 18.2. The average molecular weight is 561 g/mol. The molecule has 0 bridgehead atoms. The number of ether oxygens (including phenoxy) is 1. The number of nitrogens with zero attached hydrogens (tertiary/aromatic N) is 1. The lowest BCUT2D eigenvalue weighted by atomic mass is 9.88. The summed E-state index contributed by atoms with van der Waals surface area (Å²) >= 11 is 6.39. The minimum absolute atomic E-state index is 0.0177. The summed E-state index contributed by atoms with van der Waals surface area (Å²) in [5.74, 6) is -4.67. The summed E-state index contributed by atoms with van der Waals surface area (Å²) in [5, 5.41) is 4.25. The number of fused-ring (bicyclic) bond motifs is 1. The lowest BCUT2D eigenvalue weighted by molar-refractivity contribution is -0.178. The van der Waals surface area contributed by atoms with Crippen molar-refractivity contribution in [1.29, 1.82) is 0 Å². The van der Waals surface area contributed by atoms with E-state index >= 15 is 0 Å². The average Bonchev–Trinajstić information content (AvgIpc) is 3.68. The third-order valence-electron chi connectivity index (χ3n) is 6.94. The van der Waals surface area contributed by atoms with Crippen molar-refractivity contribution in [3.63, 3.8) is 0 Å². The fourth-order valence-electron chi connectivity index (χ4n) is 4.77. The summed E-state index contributed by atoms with van der Waals surface area (Å²) in [4.78, 5) is 30.3. The van der Waals surface area contributed by atoms with Gasteiger partial charge in [-0.05, 0) is 74.6 Å². The van der Waals surface area contributed by atoms with Crippen molar-refractivity contribution in [1.82, 2.24) is 4.98 Å². The van der Waals surface area contributed by atoms with Crippen molar-refractivity contribution < 1.29 is 27.5 Å². The highest BCUT2D eigenvalue weighted by Gasteiger charge is 2.46. The summed E-state index contributed by atoms with van der Waals surface area (Å²) in [6.07, 6.45) is -1.09. The molecule has 1 heterocycles. The Morgan fingerprint density at radius 1 is 1.08 bits per heavy atom. The van der Waals surface area contributed by atoms with Gasteiger partial charge in [0.1, 0.15) is 5.60 Å². The number of halogens is 4. The SMILES string of the molecule is CC(C(C(=O)Nc1cc(C(CC(=O)OC(C)(C)C)C2CC2)ccc1Cl)c1cc2ccccc2cn1)C(F)(F)F. The number of esters is 1. The van der Waals surface area contributed by atoms with Gasteiger partial charge in [-0.1, -0.05) is 48.9 Å². The summed E-state index contributed by atoms with van der Waals surface area (Å²) in [7, 11) is 0. The Hall–Kier alpha value is -3.13. The Morgan fingerprint density at radius 3 is 2.36 bits per heavy atom. The largest absolute Gasteiger partial charge is 0.460 e. The molecule has 1 saturated carbocycles. The van der Waals surface area contributed by atoms with Crippen LogP contribution < -0.4 is 5.32 Å². The summed E-state index contributed by atoms with van der Waals surface area (Å²) < 4.78 is 47.2. The van der Waals surface area contributed by atoms with Crippen LogP contribution in [0.5, 0.6) is 0 Å². The quantitative estimate of drug-likeness (QED) is 0.283. The number of pyridine rings is 1. The third-order valence-corrected chi connectivity index (χ3v) is 7.27. The van der Waals surface area contributed by atoms with Crippen LogP contribution in [0.3, 0.4) is 0 Å². The molecule has 1 N–H and O–H groups in total. The topological polar surface area (TPSA) is 68.3 Å². The van der Waals surface area contributed by atoms with Gasteiger partial charge in [-0.2, -0.15) is 13.2 Å². The number of carbonyl (C=O) groups is 2. The Kier molecular flexibility index (Phi) is 8.26. The van der Waals surface area contributed by atoms with Gasteiger partial charge in [0.15, 0.2) is 0 Å². The number of amides is 1. The normalized spacial score (nSPS) is 16.4. The molecule has 0 aliphatic heterocycles. The van der Waals surface area contributed by atoms with Crippen LogP contribution in [0.4, 0.5) is 18.9 Å². The number of hydrogen-bond donors (Lipinski definition) is 1. The zero-order chi connectivity index (χ0) is 28.5. The van der Waals surface area contributed by atoms with E-state index < -0.39 is 29.5 Å². The Labute approximate surface area is 231 Å². The third kappa shape index (κ3) is 7.29. The highest BCUT2D eigenvalue weighted by atomic mass is 35.5. The second-order valence-corrected chi connectivity index (χ2v) is 11.6. The molecule has 9 heteroatoms. The number of aromatic nitrogens is 1. The number of anilines is 1. The number of carbonyl (C=O) groups excluding carboxylic acids is 2. The number of rotatable bonds is 8. The predicted octanol–water partition coefficient (Wildman–Crippen LogP) is 8.03. The van der Waals surface area contributed by atoms with E-state index in [0.29, 0.717) is 5.39 Å². The van der Waals surface area contributed by atoms with E-state index in [1.807, 2.05) is 0 Å². The Bertz CT molecular complexity index is 1370. The lowest BCUT2D eigenvalue weighted by Gasteiger charge is -2.26. The maximum Gasteiger partial charge on any atom is 0.392 e. The highest BCUT2D eigenvalue weighted by molar-refractivity contribution is 6.33. The first-order valence-corrected chi connectivity index (χ1v) is 13.3. The van der Waals surface area contributed by atoms with Crippen LogP contribution in [0.1, 0.15) is 70.1 Å². The lowest BCUT2D eigenvalue weighted by Crippen LogP contribution is -2.35. The molecule has 1 fully saturated rings. The van der Waals surface area contributed by atoms with Crippen LogP contribution in [0.25, 0.3) is 10.8 Å². The van der Waals surface area contributed by atoms with Crippen molar-refractivity contribution in [3.05, 3.63) is 71.0 Å². The molecule has 5 nitrogen and oxygen atoms in total. The molecule has 208 valence electrons. The van der Waals surface area contributed by atoms with Gasteiger partial charge in [0.2, 0.25) is 5.91 Å². The molecular formula is C30H32ClF3N2O3. The summed E-state index contributed by atoms with van der Waals surface area (Å²) in [6.45, 7) is 6.38. The Morgan fingerprint density at radius 2 is 1.74 bits per heavy atom. The van der Waals surface area contributed by atoms with Crippen LogP contribution in [0.2, 0.25) is 5.02 Å². The molecule has 1 aromatic heterocycles. The molecule has 3 atom stereocenters. The van der Waals surface area contributed by atoms with Crippen LogP contribution >= 0.6 is 11.6 Å². The molecule has 1 aliphatic carbocycles. The van der Waals surface area contributed by atoms with E-state index in [2.05, 4.69) is 10.3 Å².